The number of hydrogen-bond donors (Lipinski definition) is 3. The van der Waals surface area contributed by atoms with Gasteiger partial charge in [-0.05, 0) is 29.4 Å². The highest BCUT2D eigenvalue weighted by molar-refractivity contribution is 5.73. The number of rotatable bonds is 3. The zero-order valence-electron chi connectivity index (χ0n) is 11.8. The minimum atomic E-state index is -1.18. The van der Waals surface area contributed by atoms with E-state index in [0.29, 0.717) is 6.42 Å². The third-order valence-electron chi connectivity index (χ3n) is 2.90. The van der Waals surface area contributed by atoms with E-state index in [4.69, 9.17) is 10.8 Å². The van der Waals surface area contributed by atoms with Crippen LogP contribution in [-0.4, -0.2) is 28.3 Å². The zero-order chi connectivity index (χ0) is 14.6. The fraction of sp³-hybridized carbons (Fsp3) is 0.533. The summed E-state index contributed by atoms with van der Waals surface area (Å²) >= 11 is 0. The van der Waals surface area contributed by atoms with E-state index in [9.17, 15) is 9.90 Å². The van der Waals surface area contributed by atoms with Crippen molar-refractivity contribution in [1.29, 1.82) is 0 Å². The Morgan fingerprint density at radius 1 is 1.32 bits per heavy atom. The molecule has 0 bridgehead atoms. The Morgan fingerprint density at radius 2 is 1.79 bits per heavy atom. The predicted molar refractivity (Wildman–Crippen MR) is 74.9 cm³/mol. The van der Waals surface area contributed by atoms with Crippen LogP contribution in [-0.2, 0) is 11.2 Å². The minimum Gasteiger partial charge on any atom is -0.480 e. The number of aliphatic hydroxyl groups excluding tert-OH is 1. The SMILES string of the molecule is CC(C)(C)C[C@@H](O)[C@H](N)C(=O)O.c1ccc2c(c1)C2. The van der Waals surface area contributed by atoms with Gasteiger partial charge in [0.15, 0.2) is 0 Å². The molecule has 0 heterocycles. The van der Waals surface area contributed by atoms with Gasteiger partial charge in [-0.15, -0.1) is 0 Å². The molecule has 1 aromatic rings. The molecule has 4 heteroatoms. The summed E-state index contributed by atoms with van der Waals surface area (Å²) in [6.45, 7) is 5.76. The van der Waals surface area contributed by atoms with E-state index in [2.05, 4.69) is 24.3 Å². The Hall–Kier alpha value is -1.39. The Labute approximate surface area is 114 Å². The van der Waals surface area contributed by atoms with E-state index in [-0.39, 0.29) is 5.41 Å². The highest BCUT2D eigenvalue weighted by Gasteiger charge is 2.26. The first kappa shape index (κ1) is 15.7. The number of benzene rings is 1. The molecule has 2 atom stereocenters. The molecule has 0 amide bonds. The number of fused-ring (bicyclic) bond motifs is 1. The molecule has 1 aliphatic carbocycles. The van der Waals surface area contributed by atoms with Crippen molar-refractivity contribution in [3.63, 3.8) is 0 Å². The number of aliphatic hydroxyl groups is 1. The van der Waals surface area contributed by atoms with Crippen molar-refractivity contribution in [2.24, 2.45) is 11.1 Å². The van der Waals surface area contributed by atoms with Crippen molar-refractivity contribution in [2.75, 3.05) is 0 Å². The molecule has 4 N–H and O–H groups in total. The lowest BCUT2D eigenvalue weighted by Gasteiger charge is -2.24. The van der Waals surface area contributed by atoms with Crippen LogP contribution in [0.25, 0.3) is 0 Å². The summed E-state index contributed by atoms with van der Waals surface area (Å²) in [4.78, 5) is 10.3. The maximum absolute atomic E-state index is 10.3. The second kappa shape index (κ2) is 6.17. The molecule has 1 aliphatic rings. The van der Waals surface area contributed by atoms with Gasteiger partial charge in [-0.3, -0.25) is 4.79 Å². The van der Waals surface area contributed by atoms with Crippen LogP contribution in [0.3, 0.4) is 0 Å². The van der Waals surface area contributed by atoms with Gasteiger partial charge in [-0.1, -0.05) is 45.0 Å². The van der Waals surface area contributed by atoms with E-state index < -0.39 is 18.1 Å². The number of carboxylic acid groups (broad SMARTS) is 1. The van der Waals surface area contributed by atoms with Crippen LogP contribution in [0.4, 0.5) is 0 Å². The highest BCUT2D eigenvalue weighted by atomic mass is 16.4. The zero-order valence-corrected chi connectivity index (χ0v) is 11.8. The van der Waals surface area contributed by atoms with E-state index >= 15 is 0 Å². The second-order valence-corrected chi connectivity index (χ2v) is 6.14. The van der Waals surface area contributed by atoms with Gasteiger partial charge in [0.05, 0.1) is 6.10 Å². The monoisotopic (exact) mass is 265 g/mol. The molecule has 4 nitrogen and oxygen atoms in total. The average molecular weight is 265 g/mol. The number of aliphatic carboxylic acids is 1. The lowest BCUT2D eigenvalue weighted by atomic mass is 9.87. The van der Waals surface area contributed by atoms with E-state index in [1.165, 1.54) is 17.5 Å². The summed E-state index contributed by atoms with van der Waals surface area (Å²) in [5.74, 6) is -1.16. The number of nitrogens with two attached hydrogens (primary N) is 1. The highest BCUT2D eigenvalue weighted by Crippen LogP contribution is 2.25. The summed E-state index contributed by atoms with van der Waals surface area (Å²) in [5.41, 5.74) is 8.17. The molecule has 0 aliphatic heterocycles. The van der Waals surface area contributed by atoms with Crippen LogP contribution in [0.1, 0.15) is 38.3 Å². The van der Waals surface area contributed by atoms with Gasteiger partial charge in [0.2, 0.25) is 0 Å². The standard InChI is InChI=1S/C8H17NO3.C7H6/c1-8(2,3)4-5(10)6(9)7(11)12;1-2-4-7-5-6(7)3-1/h5-6,10H,4,9H2,1-3H3,(H,11,12);1-4H,5H2/t5-,6+;/m1./s1. The Kier molecular flexibility index (Phi) is 5.09. The second-order valence-electron chi connectivity index (χ2n) is 6.14. The van der Waals surface area contributed by atoms with Crippen LogP contribution in [0.2, 0.25) is 0 Å². The van der Waals surface area contributed by atoms with Gasteiger partial charge in [0.1, 0.15) is 6.04 Å². The maximum Gasteiger partial charge on any atom is 0.323 e. The molecule has 0 aromatic heterocycles. The molecule has 19 heavy (non-hydrogen) atoms. The molecule has 0 unspecified atom stereocenters. The van der Waals surface area contributed by atoms with Gasteiger partial charge >= 0.3 is 5.97 Å². The van der Waals surface area contributed by atoms with Crippen molar-refractivity contribution >= 4 is 5.97 Å². The van der Waals surface area contributed by atoms with Gasteiger partial charge in [-0.2, -0.15) is 0 Å². The fourth-order valence-electron chi connectivity index (χ4n) is 1.76. The first-order valence-corrected chi connectivity index (χ1v) is 6.44. The van der Waals surface area contributed by atoms with E-state index in [0.717, 1.165) is 0 Å². The van der Waals surface area contributed by atoms with Crippen molar-refractivity contribution in [2.45, 2.75) is 45.8 Å². The third-order valence-corrected chi connectivity index (χ3v) is 2.90. The topological polar surface area (TPSA) is 83.5 Å². The number of carboxylic acids is 1. The molecule has 1 aromatic carbocycles. The first-order valence-electron chi connectivity index (χ1n) is 6.44. The smallest absolute Gasteiger partial charge is 0.323 e. The summed E-state index contributed by atoms with van der Waals surface area (Å²) in [6.07, 6.45) is 0.663. The van der Waals surface area contributed by atoms with Crippen LogP contribution in [0, 0.1) is 5.41 Å². The van der Waals surface area contributed by atoms with Gasteiger partial charge in [-0.25, -0.2) is 0 Å². The lowest BCUT2D eigenvalue weighted by Crippen LogP contribution is -2.43. The minimum absolute atomic E-state index is 0.105. The lowest BCUT2D eigenvalue weighted by molar-refractivity contribution is -0.141. The summed E-state index contributed by atoms with van der Waals surface area (Å²) in [7, 11) is 0. The van der Waals surface area contributed by atoms with Gasteiger partial charge in [0.25, 0.3) is 0 Å². The van der Waals surface area contributed by atoms with Gasteiger partial charge in [0, 0.05) is 0 Å². The third kappa shape index (κ3) is 5.85. The van der Waals surface area contributed by atoms with Crippen molar-refractivity contribution in [1.82, 2.24) is 0 Å². The average Bonchev–Trinajstić information content (AvgIpc) is 3.05. The normalized spacial score (nSPS) is 15.6. The summed E-state index contributed by atoms with van der Waals surface area (Å²) in [5, 5.41) is 17.8. The molecule has 2 rings (SSSR count). The quantitative estimate of drug-likeness (QED) is 0.790. The van der Waals surface area contributed by atoms with Crippen molar-refractivity contribution < 1.29 is 15.0 Å². The maximum atomic E-state index is 10.3. The van der Waals surface area contributed by atoms with Crippen LogP contribution in [0.15, 0.2) is 24.3 Å². The summed E-state index contributed by atoms with van der Waals surface area (Å²) < 4.78 is 0. The number of hydrogen-bond acceptors (Lipinski definition) is 3. The Morgan fingerprint density at radius 3 is 2.11 bits per heavy atom. The Bertz CT molecular complexity index is 416. The molecular weight excluding hydrogens is 242 g/mol. The molecular formula is C15H23NO3. The molecule has 0 radical (unpaired) electrons. The molecule has 0 saturated heterocycles. The largest absolute Gasteiger partial charge is 0.480 e. The summed E-state index contributed by atoms with van der Waals surface area (Å²) in [6, 6.07) is 7.35. The van der Waals surface area contributed by atoms with Crippen LogP contribution in [0.5, 0.6) is 0 Å². The molecule has 106 valence electrons. The van der Waals surface area contributed by atoms with Crippen molar-refractivity contribution in [3.05, 3.63) is 35.4 Å². The van der Waals surface area contributed by atoms with Crippen LogP contribution < -0.4 is 5.73 Å². The molecule has 0 fully saturated rings. The molecule has 0 saturated carbocycles. The number of carbonyl (C=O) groups is 1. The van der Waals surface area contributed by atoms with E-state index in [1.54, 1.807) is 0 Å². The fourth-order valence-corrected chi connectivity index (χ4v) is 1.76. The first-order chi connectivity index (χ1) is 8.70. The Balaban J connectivity index is 0.000000213. The van der Waals surface area contributed by atoms with Crippen LogP contribution >= 0.6 is 0 Å². The van der Waals surface area contributed by atoms with Gasteiger partial charge < -0.3 is 15.9 Å². The van der Waals surface area contributed by atoms with E-state index in [1.807, 2.05) is 20.8 Å². The van der Waals surface area contributed by atoms with Crippen molar-refractivity contribution in [3.8, 4) is 0 Å². The predicted octanol–water partition coefficient (Wildman–Crippen LogP) is 1.79. The molecule has 0 spiro atoms.